The molecule has 25 heavy (non-hydrogen) atoms. The first-order chi connectivity index (χ1) is 12.3. The van der Waals surface area contributed by atoms with Crippen molar-refractivity contribution < 1.29 is 9.47 Å². The Morgan fingerprint density at radius 2 is 1.76 bits per heavy atom. The number of ether oxygens (including phenoxy) is 2. The Balaban J connectivity index is 1.30. The van der Waals surface area contributed by atoms with Crippen LogP contribution in [-0.2, 0) is 11.3 Å². The van der Waals surface area contributed by atoms with Crippen molar-refractivity contribution in [3.63, 3.8) is 0 Å². The average Bonchev–Trinajstić information content (AvgIpc) is 2.66. The van der Waals surface area contributed by atoms with Gasteiger partial charge in [0.05, 0.1) is 20.3 Å². The Morgan fingerprint density at radius 3 is 2.40 bits per heavy atom. The van der Waals surface area contributed by atoms with Gasteiger partial charge in [-0.05, 0) is 24.3 Å². The second-order valence-corrected chi connectivity index (χ2v) is 6.64. The lowest BCUT2D eigenvalue weighted by molar-refractivity contribution is -0.0344. The van der Waals surface area contributed by atoms with Gasteiger partial charge in [0.1, 0.15) is 5.75 Å². The number of morpholine rings is 1. The van der Waals surface area contributed by atoms with Crippen LogP contribution in [0.25, 0.3) is 11.4 Å². The molecule has 3 heterocycles. The van der Waals surface area contributed by atoms with E-state index in [1.807, 2.05) is 36.7 Å². The van der Waals surface area contributed by atoms with Gasteiger partial charge in [-0.2, -0.15) is 0 Å². The molecule has 2 aromatic rings. The third-order valence-electron chi connectivity index (χ3n) is 4.96. The van der Waals surface area contributed by atoms with Gasteiger partial charge in [0.2, 0.25) is 0 Å². The highest BCUT2D eigenvalue weighted by molar-refractivity contribution is 5.55. The Labute approximate surface area is 148 Å². The molecule has 6 heteroatoms. The van der Waals surface area contributed by atoms with E-state index >= 15 is 0 Å². The molecule has 0 radical (unpaired) electrons. The summed E-state index contributed by atoms with van der Waals surface area (Å²) in [6.45, 7) is 7.05. The summed E-state index contributed by atoms with van der Waals surface area (Å²) in [6, 6.07) is 8.51. The minimum absolute atomic E-state index is 0.684. The zero-order valence-electron chi connectivity index (χ0n) is 14.6. The molecule has 2 fully saturated rings. The lowest BCUT2D eigenvalue weighted by atomic mass is 10.1. The topological polar surface area (TPSA) is 50.7 Å². The molecule has 1 aromatic carbocycles. The molecule has 0 amide bonds. The van der Waals surface area contributed by atoms with E-state index in [9.17, 15) is 0 Å². The number of hydrogen-bond donors (Lipinski definition) is 0. The van der Waals surface area contributed by atoms with Crippen molar-refractivity contribution in [1.82, 2.24) is 19.8 Å². The van der Waals surface area contributed by atoms with Gasteiger partial charge in [-0.1, -0.05) is 0 Å². The van der Waals surface area contributed by atoms with Crippen molar-refractivity contribution in [3.05, 3.63) is 42.2 Å². The van der Waals surface area contributed by atoms with Gasteiger partial charge in [-0.25, -0.2) is 9.97 Å². The van der Waals surface area contributed by atoms with Crippen molar-refractivity contribution in [2.45, 2.75) is 12.6 Å². The molecule has 2 aliphatic heterocycles. The molecule has 1 aromatic heterocycles. The molecule has 0 unspecified atom stereocenters. The van der Waals surface area contributed by atoms with E-state index in [1.54, 1.807) is 7.11 Å². The van der Waals surface area contributed by atoms with Crippen LogP contribution in [0.3, 0.4) is 0 Å². The summed E-state index contributed by atoms with van der Waals surface area (Å²) in [7, 11) is 1.67. The maximum atomic E-state index is 5.42. The first-order valence-electron chi connectivity index (χ1n) is 8.81. The molecule has 4 rings (SSSR count). The molecule has 0 bridgehead atoms. The SMILES string of the molecule is COc1ccc(-c2ncc(CN3CC(N4CCOCC4)C3)cn2)cc1. The second kappa shape index (κ2) is 7.47. The highest BCUT2D eigenvalue weighted by Gasteiger charge is 2.32. The number of aromatic nitrogens is 2. The molecular formula is C19H24N4O2. The highest BCUT2D eigenvalue weighted by atomic mass is 16.5. The van der Waals surface area contributed by atoms with Crippen molar-refractivity contribution in [3.8, 4) is 17.1 Å². The Kier molecular flexibility index (Phi) is 4.92. The van der Waals surface area contributed by atoms with Crippen LogP contribution in [0.1, 0.15) is 5.56 Å². The maximum absolute atomic E-state index is 5.42. The van der Waals surface area contributed by atoms with Crippen LogP contribution in [-0.4, -0.2) is 72.3 Å². The fraction of sp³-hybridized carbons (Fsp3) is 0.474. The molecule has 2 aliphatic rings. The molecule has 0 N–H and O–H groups in total. The summed E-state index contributed by atoms with van der Waals surface area (Å²) in [5.74, 6) is 1.59. The summed E-state index contributed by atoms with van der Waals surface area (Å²) < 4.78 is 10.6. The van der Waals surface area contributed by atoms with E-state index in [2.05, 4.69) is 19.8 Å². The molecule has 0 saturated carbocycles. The number of methoxy groups -OCH3 is 1. The predicted octanol–water partition coefficient (Wildman–Crippen LogP) is 1.67. The fourth-order valence-electron chi connectivity index (χ4n) is 3.43. The number of benzene rings is 1. The van der Waals surface area contributed by atoms with Crippen LogP contribution in [0.5, 0.6) is 5.75 Å². The van der Waals surface area contributed by atoms with Gasteiger partial charge < -0.3 is 9.47 Å². The Bertz CT molecular complexity index is 678. The monoisotopic (exact) mass is 340 g/mol. The first-order valence-corrected chi connectivity index (χ1v) is 8.81. The Morgan fingerprint density at radius 1 is 1.08 bits per heavy atom. The van der Waals surface area contributed by atoms with E-state index in [1.165, 1.54) is 0 Å². The summed E-state index contributed by atoms with van der Waals surface area (Å²) in [4.78, 5) is 14.0. The van der Waals surface area contributed by atoms with Crippen molar-refractivity contribution in [2.75, 3.05) is 46.5 Å². The standard InChI is InChI=1S/C19H24N4O2/c1-24-18-4-2-16(3-5-18)19-20-10-15(11-21-19)12-22-13-17(14-22)23-6-8-25-9-7-23/h2-5,10-11,17H,6-9,12-14H2,1H3. The summed E-state index contributed by atoms with van der Waals surface area (Å²) in [6.07, 6.45) is 3.88. The molecule has 6 nitrogen and oxygen atoms in total. The second-order valence-electron chi connectivity index (χ2n) is 6.64. The van der Waals surface area contributed by atoms with Crippen LogP contribution in [0.2, 0.25) is 0 Å². The van der Waals surface area contributed by atoms with Crippen LogP contribution in [0.4, 0.5) is 0 Å². The third-order valence-corrected chi connectivity index (χ3v) is 4.96. The lowest BCUT2D eigenvalue weighted by Gasteiger charge is -2.46. The first kappa shape index (κ1) is 16.4. The summed E-state index contributed by atoms with van der Waals surface area (Å²) in [5, 5.41) is 0. The van der Waals surface area contributed by atoms with Gasteiger partial charge >= 0.3 is 0 Å². The minimum Gasteiger partial charge on any atom is -0.497 e. The number of rotatable bonds is 5. The van der Waals surface area contributed by atoms with E-state index in [-0.39, 0.29) is 0 Å². The van der Waals surface area contributed by atoms with Crippen LogP contribution in [0.15, 0.2) is 36.7 Å². The number of hydrogen-bond acceptors (Lipinski definition) is 6. The van der Waals surface area contributed by atoms with Gasteiger partial charge in [-0.15, -0.1) is 0 Å². The van der Waals surface area contributed by atoms with Crippen molar-refractivity contribution >= 4 is 0 Å². The van der Waals surface area contributed by atoms with Crippen LogP contribution < -0.4 is 4.74 Å². The van der Waals surface area contributed by atoms with Gasteiger partial charge in [0, 0.05) is 62.3 Å². The maximum Gasteiger partial charge on any atom is 0.159 e. The summed E-state index contributed by atoms with van der Waals surface area (Å²) >= 11 is 0. The quantitative estimate of drug-likeness (QED) is 0.825. The van der Waals surface area contributed by atoms with E-state index < -0.39 is 0 Å². The van der Waals surface area contributed by atoms with Crippen LogP contribution >= 0.6 is 0 Å². The zero-order valence-corrected chi connectivity index (χ0v) is 14.6. The normalized spacial score (nSPS) is 19.6. The van der Waals surface area contributed by atoms with Crippen molar-refractivity contribution in [2.24, 2.45) is 0 Å². The lowest BCUT2D eigenvalue weighted by Crippen LogP contribution is -2.60. The van der Waals surface area contributed by atoms with Crippen LogP contribution in [0, 0.1) is 0 Å². The molecule has 0 spiro atoms. The van der Waals surface area contributed by atoms with E-state index in [0.29, 0.717) is 6.04 Å². The molecule has 2 saturated heterocycles. The molecular weight excluding hydrogens is 316 g/mol. The smallest absolute Gasteiger partial charge is 0.159 e. The molecule has 0 aliphatic carbocycles. The Hall–Kier alpha value is -2.02. The third kappa shape index (κ3) is 3.81. The van der Waals surface area contributed by atoms with Gasteiger partial charge in [0.15, 0.2) is 5.82 Å². The number of likely N-dealkylation sites (tertiary alicyclic amines) is 1. The number of nitrogens with zero attached hydrogens (tertiary/aromatic N) is 4. The summed E-state index contributed by atoms with van der Waals surface area (Å²) in [5.41, 5.74) is 2.17. The van der Waals surface area contributed by atoms with Crippen molar-refractivity contribution in [1.29, 1.82) is 0 Å². The highest BCUT2D eigenvalue weighted by Crippen LogP contribution is 2.21. The van der Waals surface area contributed by atoms with E-state index in [0.717, 1.165) is 68.6 Å². The molecule has 132 valence electrons. The zero-order chi connectivity index (χ0) is 17.1. The fourth-order valence-corrected chi connectivity index (χ4v) is 3.43. The van der Waals surface area contributed by atoms with E-state index in [4.69, 9.17) is 9.47 Å². The van der Waals surface area contributed by atoms with Gasteiger partial charge in [0.25, 0.3) is 0 Å². The largest absolute Gasteiger partial charge is 0.497 e. The minimum atomic E-state index is 0.684. The molecule has 0 atom stereocenters. The average molecular weight is 340 g/mol. The predicted molar refractivity (Wildman–Crippen MR) is 95.5 cm³/mol. The van der Waals surface area contributed by atoms with Gasteiger partial charge in [-0.3, -0.25) is 9.80 Å².